The maximum atomic E-state index is 2.40. The van der Waals surface area contributed by atoms with Gasteiger partial charge in [0.2, 0.25) is 0 Å². The first-order valence-electron chi connectivity index (χ1n) is 11.3. The van der Waals surface area contributed by atoms with Gasteiger partial charge in [0, 0.05) is 0 Å². The van der Waals surface area contributed by atoms with Crippen LogP contribution in [0, 0.1) is 6.92 Å². The first-order valence-corrected chi connectivity index (χ1v) is 11.3. The normalized spacial score (nSPS) is 11.4. The van der Waals surface area contributed by atoms with E-state index < -0.39 is 0 Å². The molecule has 29 heavy (non-hydrogen) atoms. The zero-order valence-corrected chi connectivity index (χ0v) is 17.9. The van der Waals surface area contributed by atoms with Gasteiger partial charge in [0.15, 0.2) is 0 Å². The molecule has 0 radical (unpaired) electrons. The quantitative estimate of drug-likeness (QED) is 0.211. The SMILES string of the molecule is CCCCCCCCc1ccc2cc3cc(-c4ccc(C)cc4)ccc3cc2c1. The highest BCUT2D eigenvalue weighted by Crippen LogP contribution is 2.29. The fraction of sp³-hybridized carbons (Fsp3) is 0.310. The summed E-state index contributed by atoms with van der Waals surface area (Å²) in [7, 11) is 0. The topological polar surface area (TPSA) is 0 Å². The molecule has 0 heterocycles. The minimum absolute atomic E-state index is 1.20. The second-order valence-electron chi connectivity index (χ2n) is 8.48. The lowest BCUT2D eigenvalue weighted by Crippen LogP contribution is -1.87. The maximum absolute atomic E-state index is 2.40. The van der Waals surface area contributed by atoms with E-state index in [0.717, 1.165) is 0 Å². The molecule has 148 valence electrons. The molecule has 0 spiro atoms. The second kappa shape index (κ2) is 9.27. The number of aryl methyl sites for hydroxylation is 2. The van der Waals surface area contributed by atoms with Crippen molar-refractivity contribution in [2.75, 3.05) is 0 Å². The van der Waals surface area contributed by atoms with E-state index in [1.807, 2.05) is 0 Å². The van der Waals surface area contributed by atoms with Gasteiger partial charge in [-0.2, -0.15) is 0 Å². The Morgan fingerprint density at radius 3 is 1.90 bits per heavy atom. The van der Waals surface area contributed by atoms with Gasteiger partial charge >= 0.3 is 0 Å². The van der Waals surface area contributed by atoms with E-state index in [1.54, 1.807) is 0 Å². The van der Waals surface area contributed by atoms with Crippen molar-refractivity contribution in [1.82, 2.24) is 0 Å². The molecule has 0 aliphatic heterocycles. The van der Waals surface area contributed by atoms with Crippen molar-refractivity contribution < 1.29 is 0 Å². The lowest BCUT2D eigenvalue weighted by molar-refractivity contribution is 0.607. The van der Waals surface area contributed by atoms with Gasteiger partial charge in [-0.3, -0.25) is 0 Å². The van der Waals surface area contributed by atoms with E-state index in [2.05, 4.69) is 86.6 Å². The molecular formula is C29H32. The zero-order valence-electron chi connectivity index (χ0n) is 17.9. The van der Waals surface area contributed by atoms with Crippen LogP contribution in [0.2, 0.25) is 0 Å². The fourth-order valence-electron chi connectivity index (χ4n) is 4.24. The molecular weight excluding hydrogens is 348 g/mol. The van der Waals surface area contributed by atoms with Crippen molar-refractivity contribution in [1.29, 1.82) is 0 Å². The first-order chi connectivity index (χ1) is 14.2. The molecule has 0 saturated heterocycles. The third-order valence-electron chi connectivity index (χ3n) is 6.06. The van der Waals surface area contributed by atoms with Gasteiger partial charge < -0.3 is 0 Å². The molecule has 0 unspecified atom stereocenters. The van der Waals surface area contributed by atoms with Crippen LogP contribution in [0.4, 0.5) is 0 Å². The highest BCUT2D eigenvalue weighted by molar-refractivity contribution is 5.99. The molecule has 0 atom stereocenters. The average Bonchev–Trinajstić information content (AvgIpc) is 2.75. The van der Waals surface area contributed by atoms with Gasteiger partial charge in [-0.1, -0.05) is 99.2 Å². The smallest absolute Gasteiger partial charge is 0.0171 e. The van der Waals surface area contributed by atoms with Crippen LogP contribution < -0.4 is 0 Å². The minimum atomic E-state index is 1.20. The second-order valence-corrected chi connectivity index (χ2v) is 8.48. The Morgan fingerprint density at radius 1 is 0.517 bits per heavy atom. The standard InChI is InChI=1S/C29H32/c1-3-4-5-6-7-8-9-23-12-15-26-21-29-19-25(24-13-10-22(2)11-14-24)16-17-27(29)20-28(26)18-23/h10-21H,3-9H2,1-2H3. The highest BCUT2D eigenvalue weighted by Gasteiger charge is 2.04. The van der Waals surface area contributed by atoms with Crippen molar-refractivity contribution in [3.8, 4) is 11.1 Å². The van der Waals surface area contributed by atoms with Crippen LogP contribution in [0.5, 0.6) is 0 Å². The number of hydrogen-bond donors (Lipinski definition) is 0. The van der Waals surface area contributed by atoms with Crippen molar-refractivity contribution in [2.45, 2.75) is 58.8 Å². The molecule has 4 aromatic carbocycles. The van der Waals surface area contributed by atoms with E-state index >= 15 is 0 Å². The van der Waals surface area contributed by atoms with Crippen LogP contribution >= 0.6 is 0 Å². The number of rotatable bonds is 8. The summed E-state index contributed by atoms with van der Waals surface area (Å²) in [6.07, 6.45) is 9.35. The Morgan fingerprint density at radius 2 is 1.14 bits per heavy atom. The van der Waals surface area contributed by atoms with Crippen LogP contribution in [-0.4, -0.2) is 0 Å². The molecule has 0 saturated carbocycles. The lowest BCUT2D eigenvalue weighted by Gasteiger charge is -2.08. The molecule has 4 aromatic rings. The molecule has 0 fully saturated rings. The van der Waals surface area contributed by atoms with Gasteiger partial charge in [0.1, 0.15) is 0 Å². The van der Waals surface area contributed by atoms with Gasteiger partial charge in [0.25, 0.3) is 0 Å². The van der Waals surface area contributed by atoms with E-state index in [-0.39, 0.29) is 0 Å². The Labute approximate surface area is 175 Å². The Hall–Kier alpha value is -2.60. The van der Waals surface area contributed by atoms with Crippen molar-refractivity contribution in [2.24, 2.45) is 0 Å². The zero-order chi connectivity index (χ0) is 20.1. The van der Waals surface area contributed by atoms with E-state index in [0.29, 0.717) is 0 Å². The van der Waals surface area contributed by atoms with Gasteiger partial charge in [-0.25, -0.2) is 0 Å². The molecule has 0 aliphatic rings. The van der Waals surface area contributed by atoms with Gasteiger partial charge in [-0.05, 0) is 76.2 Å². The van der Waals surface area contributed by atoms with Crippen LogP contribution in [0.15, 0.2) is 72.8 Å². The van der Waals surface area contributed by atoms with E-state index in [1.165, 1.54) is 88.7 Å². The summed E-state index contributed by atoms with van der Waals surface area (Å²) in [6.45, 7) is 4.42. The molecule has 0 nitrogen and oxygen atoms in total. The largest absolute Gasteiger partial charge is 0.0654 e. The summed E-state index contributed by atoms with van der Waals surface area (Å²) < 4.78 is 0. The Bertz CT molecular complexity index is 1090. The molecule has 0 heteroatoms. The van der Waals surface area contributed by atoms with Crippen molar-refractivity contribution in [3.05, 3.63) is 83.9 Å². The summed E-state index contributed by atoms with van der Waals surface area (Å²) in [5, 5.41) is 5.35. The summed E-state index contributed by atoms with van der Waals surface area (Å²) in [5.74, 6) is 0. The summed E-state index contributed by atoms with van der Waals surface area (Å²) in [6, 6.07) is 27.4. The number of benzene rings is 4. The van der Waals surface area contributed by atoms with Crippen molar-refractivity contribution in [3.63, 3.8) is 0 Å². The third-order valence-corrected chi connectivity index (χ3v) is 6.06. The summed E-state index contributed by atoms with van der Waals surface area (Å²) in [4.78, 5) is 0. The number of unbranched alkanes of at least 4 members (excludes halogenated alkanes) is 5. The monoisotopic (exact) mass is 380 g/mol. The van der Waals surface area contributed by atoms with Gasteiger partial charge in [-0.15, -0.1) is 0 Å². The average molecular weight is 381 g/mol. The van der Waals surface area contributed by atoms with Crippen molar-refractivity contribution >= 4 is 21.5 Å². The molecule has 0 amide bonds. The number of hydrogen-bond acceptors (Lipinski definition) is 0. The molecule has 0 aliphatic carbocycles. The van der Waals surface area contributed by atoms with E-state index in [4.69, 9.17) is 0 Å². The Balaban J connectivity index is 1.53. The van der Waals surface area contributed by atoms with Gasteiger partial charge in [0.05, 0.1) is 0 Å². The van der Waals surface area contributed by atoms with Crippen LogP contribution in [0.25, 0.3) is 32.7 Å². The minimum Gasteiger partial charge on any atom is -0.0654 e. The molecule has 0 N–H and O–H groups in total. The summed E-state index contributed by atoms with van der Waals surface area (Å²) in [5.41, 5.74) is 5.35. The maximum Gasteiger partial charge on any atom is -0.0171 e. The van der Waals surface area contributed by atoms with Crippen LogP contribution in [0.1, 0.15) is 56.6 Å². The molecule has 0 aromatic heterocycles. The third kappa shape index (κ3) is 4.88. The number of fused-ring (bicyclic) bond motifs is 2. The molecule has 4 rings (SSSR count). The first kappa shape index (κ1) is 19.7. The highest BCUT2D eigenvalue weighted by atomic mass is 14.1. The predicted molar refractivity (Wildman–Crippen MR) is 129 cm³/mol. The van der Waals surface area contributed by atoms with Crippen LogP contribution in [-0.2, 0) is 6.42 Å². The van der Waals surface area contributed by atoms with E-state index in [9.17, 15) is 0 Å². The lowest BCUT2D eigenvalue weighted by atomic mass is 9.96. The Kier molecular flexibility index (Phi) is 6.30. The fourth-order valence-corrected chi connectivity index (χ4v) is 4.24. The summed E-state index contributed by atoms with van der Waals surface area (Å²) >= 11 is 0. The predicted octanol–water partition coefficient (Wildman–Crippen LogP) is 8.87. The molecule has 0 bridgehead atoms. The van der Waals surface area contributed by atoms with Crippen LogP contribution in [0.3, 0.4) is 0 Å².